The van der Waals surface area contributed by atoms with Gasteiger partial charge in [0.25, 0.3) is 0 Å². The Morgan fingerprint density at radius 2 is 1.88 bits per heavy atom. The van der Waals surface area contributed by atoms with Gasteiger partial charge in [0.15, 0.2) is 17.3 Å². The molecule has 2 aliphatic heterocycles. The van der Waals surface area contributed by atoms with E-state index in [1.165, 1.54) is 0 Å². The highest BCUT2D eigenvalue weighted by Gasteiger charge is 2.44. The van der Waals surface area contributed by atoms with Crippen molar-refractivity contribution >= 4 is 16.8 Å². The first-order chi connectivity index (χ1) is 12.7. The Morgan fingerprint density at radius 3 is 2.69 bits per heavy atom. The Labute approximate surface area is 149 Å². The topological polar surface area (TPSA) is 67.1 Å². The molecule has 0 fully saturated rings. The van der Waals surface area contributed by atoms with Gasteiger partial charge >= 0.3 is 0 Å². The van der Waals surface area contributed by atoms with Crippen LogP contribution >= 0.6 is 0 Å². The van der Waals surface area contributed by atoms with Crippen LogP contribution in [0.15, 0.2) is 41.0 Å². The Kier molecular flexibility index (Phi) is 3.16. The number of methoxy groups -OCH3 is 2. The minimum atomic E-state index is -0.449. The lowest BCUT2D eigenvalue weighted by molar-refractivity contribution is 0.0566. The second-order valence-electron chi connectivity index (χ2n) is 6.33. The molecule has 3 aromatic rings. The summed E-state index contributed by atoms with van der Waals surface area (Å²) in [4.78, 5) is 13.3. The highest BCUT2D eigenvalue weighted by Crippen LogP contribution is 2.48. The summed E-state index contributed by atoms with van der Waals surface area (Å²) in [5.74, 6) is 1.86. The van der Waals surface area contributed by atoms with Crippen LogP contribution in [-0.2, 0) is 0 Å². The Bertz CT molecular complexity index is 1030. The van der Waals surface area contributed by atoms with Gasteiger partial charge in [0.05, 0.1) is 37.4 Å². The summed E-state index contributed by atoms with van der Waals surface area (Å²) in [6, 6.07) is 8.92. The van der Waals surface area contributed by atoms with Crippen molar-refractivity contribution in [1.29, 1.82) is 0 Å². The molecule has 0 saturated carbocycles. The number of ether oxygens (including phenoxy) is 4. The lowest BCUT2D eigenvalue weighted by Gasteiger charge is -2.37. The summed E-state index contributed by atoms with van der Waals surface area (Å²) in [6.07, 6.45) is 1.19. The Morgan fingerprint density at radius 1 is 1.08 bits per heavy atom. The minimum Gasteiger partial charge on any atom is -0.493 e. The van der Waals surface area contributed by atoms with Crippen LogP contribution < -0.4 is 18.9 Å². The molecule has 0 radical (unpaired) electrons. The molecule has 2 atom stereocenters. The number of furan rings is 1. The smallest absolute Gasteiger partial charge is 0.178 e. The van der Waals surface area contributed by atoms with E-state index in [4.69, 9.17) is 23.4 Å². The monoisotopic (exact) mass is 352 g/mol. The molecular weight excluding hydrogens is 336 g/mol. The second kappa shape index (κ2) is 5.42. The van der Waals surface area contributed by atoms with Gasteiger partial charge in [-0.05, 0) is 24.3 Å². The first-order valence-corrected chi connectivity index (χ1v) is 8.31. The van der Waals surface area contributed by atoms with Crippen molar-refractivity contribution in [3.05, 3.63) is 47.7 Å². The number of benzene rings is 2. The maximum absolute atomic E-state index is 13.3. The van der Waals surface area contributed by atoms with Crippen molar-refractivity contribution in [3.63, 3.8) is 0 Å². The average Bonchev–Trinajstić information content (AvgIpc) is 3.15. The number of rotatable bonds is 2. The van der Waals surface area contributed by atoms with E-state index in [0.29, 0.717) is 34.1 Å². The van der Waals surface area contributed by atoms with Crippen LogP contribution in [0.3, 0.4) is 0 Å². The van der Waals surface area contributed by atoms with Gasteiger partial charge in [-0.25, -0.2) is 0 Å². The summed E-state index contributed by atoms with van der Waals surface area (Å²) in [7, 11) is 3.13. The van der Waals surface area contributed by atoms with Crippen molar-refractivity contribution in [2.45, 2.75) is 12.0 Å². The first-order valence-electron chi connectivity index (χ1n) is 8.31. The molecule has 26 heavy (non-hydrogen) atoms. The van der Waals surface area contributed by atoms with E-state index in [1.54, 1.807) is 44.7 Å². The zero-order valence-corrected chi connectivity index (χ0v) is 14.3. The minimum absolute atomic E-state index is 0.0103. The third kappa shape index (κ3) is 1.95. The van der Waals surface area contributed by atoms with E-state index in [1.807, 2.05) is 6.07 Å². The predicted molar refractivity (Wildman–Crippen MR) is 92.7 cm³/mol. The molecule has 0 N–H and O–H groups in total. The van der Waals surface area contributed by atoms with E-state index >= 15 is 0 Å². The fraction of sp³-hybridized carbons (Fsp3) is 0.250. The molecule has 0 aliphatic carbocycles. The zero-order chi connectivity index (χ0) is 17.8. The molecule has 0 saturated heterocycles. The fourth-order valence-electron chi connectivity index (χ4n) is 3.78. The summed E-state index contributed by atoms with van der Waals surface area (Å²) in [5, 5.41) is 0.799. The molecule has 0 spiro atoms. The Hall–Kier alpha value is -3.15. The Balaban J connectivity index is 1.67. The summed E-state index contributed by atoms with van der Waals surface area (Å²) < 4.78 is 28.2. The van der Waals surface area contributed by atoms with E-state index in [9.17, 15) is 4.79 Å². The van der Waals surface area contributed by atoms with Crippen molar-refractivity contribution < 1.29 is 28.2 Å². The van der Waals surface area contributed by atoms with Crippen LogP contribution in [0, 0.1) is 0 Å². The van der Waals surface area contributed by atoms with Crippen molar-refractivity contribution in [3.8, 4) is 23.0 Å². The first kappa shape index (κ1) is 15.1. The number of fused-ring (bicyclic) bond motifs is 6. The number of Topliss-reactive ketones (excluding diaryl/α,β-unsaturated/α-hetero) is 1. The van der Waals surface area contributed by atoms with E-state index in [-0.39, 0.29) is 12.4 Å². The molecule has 0 amide bonds. The van der Waals surface area contributed by atoms with Gasteiger partial charge in [-0.2, -0.15) is 0 Å². The van der Waals surface area contributed by atoms with Gasteiger partial charge in [-0.3, -0.25) is 4.79 Å². The van der Waals surface area contributed by atoms with Gasteiger partial charge in [0.1, 0.15) is 29.8 Å². The molecule has 0 bridgehead atoms. The van der Waals surface area contributed by atoms with Gasteiger partial charge in [0, 0.05) is 11.6 Å². The molecule has 3 heterocycles. The van der Waals surface area contributed by atoms with Crippen LogP contribution in [0.4, 0.5) is 0 Å². The fourth-order valence-corrected chi connectivity index (χ4v) is 3.78. The normalized spacial score (nSPS) is 20.5. The number of ketones is 1. The van der Waals surface area contributed by atoms with Gasteiger partial charge in [0.2, 0.25) is 0 Å². The third-order valence-corrected chi connectivity index (χ3v) is 5.03. The number of hydrogen-bond donors (Lipinski definition) is 0. The molecule has 2 aromatic carbocycles. The number of carbonyl (C=O) groups is 1. The molecule has 2 aliphatic rings. The molecule has 5 rings (SSSR count). The summed E-state index contributed by atoms with van der Waals surface area (Å²) in [6.45, 7) is 0.284. The van der Waals surface area contributed by atoms with E-state index < -0.39 is 12.0 Å². The largest absolute Gasteiger partial charge is 0.493 e. The van der Waals surface area contributed by atoms with Crippen molar-refractivity contribution in [2.24, 2.45) is 0 Å². The van der Waals surface area contributed by atoms with E-state index in [2.05, 4.69) is 0 Å². The number of carbonyl (C=O) groups excluding carboxylic acids is 1. The van der Waals surface area contributed by atoms with Crippen molar-refractivity contribution in [2.75, 3.05) is 20.8 Å². The summed E-state index contributed by atoms with van der Waals surface area (Å²) >= 11 is 0. The highest BCUT2D eigenvalue weighted by atomic mass is 16.5. The molecule has 1 aromatic heterocycles. The predicted octanol–water partition coefficient (Wildman–Crippen LogP) is 3.57. The van der Waals surface area contributed by atoms with Crippen LogP contribution in [0.25, 0.3) is 11.0 Å². The van der Waals surface area contributed by atoms with Crippen LogP contribution in [0.1, 0.15) is 21.8 Å². The maximum Gasteiger partial charge on any atom is 0.178 e. The molecule has 6 heteroatoms. The van der Waals surface area contributed by atoms with Gasteiger partial charge < -0.3 is 23.4 Å². The standard InChI is InChI=1S/C20H16O6/c1-22-15-7-12-14(8-16(15)23-2)25-9-17-18(12)19(21)11-3-4-13-10(5-6-24-13)20(11)26-17/h3-8,17-18H,9H2,1-2H3. The summed E-state index contributed by atoms with van der Waals surface area (Å²) in [5.41, 5.74) is 2.00. The number of hydrogen-bond acceptors (Lipinski definition) is 6. The SMILES string of the molecule is COc1cc2c(cc1OC)C1C(=O)c3ccc4occc4c3OC1CO2. The molecule has 132 valence electrons. The van der Waals surface area contributed by atoms with Crippen molar-refractivity contribution in [1.82, 2.24) is 0 Å². The highest BCUT2D eigenvalue weighted by molar-refractivity contribution is 6.09. The zero-order valence-electron chi connectivity index (χ0n) is 14.3. The third-order valence-electron chi connectivity index (χ3n) is 5.03. The average molecular weight is 352 g/mol. The van der Waals surface area contributed by atoms with E-state index in [0.717, 1.165) is 10.9 Å². The van der Waals surface area contributed by atoms with Crippen LogP contribution in [0.5, 0.6) is 23.0 Å². The maximum atomic E-state index is 13.3. The quantitative estimate of drug-likeness (QED) is 0.702. The lowest BCUT2D eigenvalue weighted by Crippen LogP contribution is -2.43. The molecule has 6 nitrogen and oxygen atoms in total. The van der Waals surface area contributed by atoms with Gasteiger partial charge in [-0.1, -0.05) is 0 Å². The van der Waals surface area contributed by atoms with Crippen LogP contribution in [0.2, 0.25) is 0 Å². The van der Waals surface area contributed by atoms with Gasteiger partial charge in [-0.15, -0.1) is 0 Å². The lowest BCUT2D eigenvalue weighted by atomic mass is 9.81. The second-order valence-corrected chi connectivity index (χ2v) is 6.33. The molecule has 2 unspecified atom stereocenters. The van der Waals surface area contributed by atoms with Crippen LogP contribution in [-0.4, -0.2) is 32.7 Å². The molecular formula is C20H16O6.